The number of piperidine rings is 1. The third kappa shape index (κ3) is 6.60. The van der Waals surface area contributed by atoms with Gasteiger partial charge in [-0.1, -0.05) is 19.8 Å². The van der Waals surface area contributed by atoms with Crippen LogP contribution >= 0.6 is 0 Å². The van der Waals surface area contributed by atoms with E-state index in [-0.39, 0.29) is 18.1 Å². The van der Waals surface area contributed by atoms with E-state index in [0.717, 1.165) is 51.1 Å². The minimum absolute atomic E-state index is 0.000397. The van der Waals surface area contributed by atoms with Crippen LogP contribution in [-0.4, -0.2) is 66.8 Å². The van der Waals surface area contributed by atoms with Crippen molar-refractivity contribution in [2.45, 2.75) is 64.4 Å². The van der Waals surface area contributed by atoms with Gasteiger partial charge in [-0.15, -0.1) is 0 Å². The van der Waals surface area contributed by atoms with Gasteiger partial charge in [-0.25, -0.2) is 4.79 Å². The molecular weight excluding hydrogens is 302 g/mol. The Morgan fingerprint density at radius 3 is 2.58 bits per heavy atom. The number of rotatable bonds is 7. The highest BCUT2D eigenvalue weighted by atomic mass is 16.3. The van der Waals surface area contributed by atoms with E-state index >= 15 is 0 Å². The van der Waals surface area contributed by atoms with Crippen molar-refractivity contribution < 1.29 is 9.90 Å². The predicted molar refractivity (Wildman–Crippen MR) is 98.1 cm³/mol. The zero-order valence-electron chi connectivity index (χ0n) is 15.7. The van der Waals surface area contributed by atoms with E-state index in [2.05, 4.69) is 17.1 Å². The van der Waals surface area contributed by atoms with Crippen LogP contribution in [0.1, 0.15) is 58.3 Å². The van der Waals surface area contributed by atoms with E-state index in [0.29, 0.717) is 6.54 Å². The Morgan fingerprint density at radius 1 is 1.17 bits per heavy atom. The minimum atomic E-state index is -0.235. The maximum absolute atomic E-state index is 12.1. The molecule has 24 heavy (non-hydrogen) atoms. The highest BCUT2D eigenvalue weighted by molar-refractivity contribution is 5.73. The summed E-state index contributed by atoms with van der Waals surface area (Å²) in [5.41, 5.74) is 0. The van der Waals surface area contributed by atoms with Crippen LogP contribution in [0.3, 0.4) is 0 Å². The van der Waals surface area contributed by atoms with E-state index in [4.69, 9.17) is 0 Å². The molecule has 1 heterocycles. The summed E-state index contributed by atoms with van der Waals surface area (Å²) in [6.45, 7) is 7.39. The van der Waals surface area contributed by atoms with Crippen molar-refractivity contribution >= 4 is 6.03 Å². The molecule has 1 saturated heterocycles. The molecule has 0 aromatic rings. The maximum Gasteiger partial charge on any atom is 0.317 e. The van der Waals surface area contributed by atoms with Crippen molar-refractivity contribution in [1.29, 1.82) is 0 Å². The van der Waals surface area contributed by atoms with Gasteiger partial charge in [-0.05, 0) is 64.1 Å². The molecule has 2 unspecified atom stereocenters. The molecule has 140 valence electrons. The number of urea groups is 1. The van der Waals surface area contributed by atoms with Crippen molar-refractivity contribution in [3.8, 4) is 0 Å². The second-order valence-electron chi connectivity index (χ2n) is 7.96. The van der Waals surface area contributed by atoms with Gasteiger partial charge in [0.15, 0.2) is 0 Å². The molecule has 1 saturated carbocycles. The molecule has 0 bridgehead atoms. The average molecular weight is 340 g/mol. The van der Waals surface area contributed by atoms with Crippen LogP contribution in [0, 0.1) is 11.8 Å². The molecule has 2 aliphatic rings. The summed E-state index contributed by atoms with van der Waals surface area (Å²) in [5.74, 6) is 1.13. The minimum Gasteiger partial charge on any atom is -0.393 e. The van der Waals surface area contributed by atoms with Crippen molar-refractivity contribution in [3.05, 3.63) is 0 Å². The van der Waals surface area contributed by atoms with Crippen molar-refractivity contribution in [1.82, 2.24) is 15.1 Å². The smallest absolute Gasteiger partial charge is 0.317 e. The fourth-order valence-electron chi connectivity index (χ4n) is 3.91. The van der Waals surface area contributed by atoms with Gasteiger partial charge < -0.3 is 20.2 Å². The van der Waals surface area contributed by atoms with Gasteiger partial charge in [-0.3, -0.25) is 0 Å². The zero-order chi connectivity index (χ0) is 17.4. The average Bonchev–Trinajstić information content (AvgIpc) is 2.58. The van der Waals surface area contributed by atoms with Crippen LogP contribution < -0.4 is 5.32 Å². The number of nitrogens with zero attached hydrogens (tertiary/aromatic N) is 2. The molecule has 1 aliphatic carbocycles. The Hall–Kier alpha value is -0.810. The SMILES string of the molecule is CC1CCN(CCCCNC(=O)N(C)CC2CCCCC2O)CC1. The largest absolute Gasteiger partial charge is 0.393 e. The molecule has 5 nitrogen and oxygen atoms in total. The van der Waals surface area contributed by atoms with Gasteiger partial charge in [-0.2, -0.15) is 0 Å². The van der Waals surface area contributed by atoms with Crippen molar-refractivity contribution in [2.24, 2.45) is 11.8 Å². The Morgan fingerprint density at radius 2 is 1.88 bits per heavy atom. The second kappa shape index (κ2) is 10.2. The van der Waals surface area contributed by atoms with Gasteiger partial charge in [0, 0.05) is 26.1 Å². The first-order chi connectivity index (χ1) is 11.6. The third-order valence-corrected chi connectivity index (χ3v) is 5.78. The summed E-state index contributed by atoms with van der Waals surface area (Å²) in [5, 5.41) is 13.0. The monoisotopic (exact) mass is 339 g/mol. The number of hydrogen-bond donors (Lipinski definition) is 2. The molecular formula is C19H37N3O2. The van der Waals surface area contributed by atoms with Gasteiger partial charge >= 0.3 is 6.03 Å². The lowest BCUT2D eigenvalue weighted by atomic mass is 9.86. The summed E-state index contributed by atoms with van der Waals surface area (Å²) >= 11 is 0. The number of aliphatic hydroxyl groups is 1. The predicted octanol–water partition coefficient (Wildman–Crippen LogP) is 2.69. The first-order valence-electron chi connectivity index (χ1n) is 9.95. The first-order valence-corrected chi connectivity index (χ1v) is 9.95. The molecule has 0 radical (unpaired) electrons. The molecule has 2 N–H and O–H groups in total. The summed E-state index contributed by atoms with van der Waals surface area (Å²) in [6, 6.07) is -0.000397. The number of carbonyl (C=O) groups is 1. The van der Waals surface area contributed by atoms with Crippen LogP contribution in [0.4, 0.5) is 4.79 Å². The molecule has 0 aromatic carbocycles. The van der Waals surface area contributed by atoms with E-state index in [1.807, 2.05) is 7.05 Å². The molecule has 0 spiro atoms. The fourth-order valence-corrected chi connectivity index (χ4v) is 3.91. The van der Waals surface area contributed by atoms with Gasteiger partial charge in [0.05, 0.1) is 6.10 Å². The van der Waals surface area contributed by atoms with Crippen LogP contribution in [0.25, 0.3) is 0 Å². The molecule has 2 fully saturated rings. The molecule has 0 aromatic heterocycles. The first kappa shape index (κ1) is 19.5. The van der Waals surface area contributed by atoms with Crippen molar-refractivity contribution in [3.63, 3.8) is 0 Å². The normalized spacial score (nSPS) is 26.3. The molecule has 5 heteroatoms. The van der Waals surface area contributed by atoms with E-state index in [1.165, 1.54) is 32.4 Å². The number of hydrogen-bond acceptors (Lipinski definition) is 3. The number of nitrogens with one attached hydrogen (secondary N) is 1. The number of aliphatic hydroxyl groups excluding tert-OH is 1. The quantitative estimate of drug-likeness (QED) is 0.701. The van der Waals surface area contributed by atoms with E-state index in [9.17, 15) is 9.90 Å². The lowest BCUT2D eigenvalue weighted by Gasteiger charge is -2.31. The Balaban J connectivity index is 1.52. The van der Waals surface area contributed by atoms with E-state index in [1.54, 1.807) is 4.90 Å². The van der Waals surface area contributed by atoms with Crippen LogP contribution in [0.2, 0.25) is 0 Å². The van der Waals surface area contributed by atoms with E-state index < -0.39 is 0 Å². The Labute approximate surface area is 147 Å². The second-order valence-corrected chi connectivity index (χ2v) is 7.96. The van der Waals surface area contributed by atoms with Crippen molar-refractivity contribution in [2.75, 3.05) is 39.8 Å². The van der Waals surface area contributed by atoms with Gasteiger partial charge in [0.25, 0.3) is 0 Å². The van der Waals surface area contributed by atoms with Crippen LogP contribution in [0.5, 0.6) is 0 Å². The topological polar surface area (TPSA) is 55.8 Å². The van der Waals surface area contributed by atoms with Crippen LogP contribution in [-0.2, 0) is 0 Å². The molecule has 2 atom stereocenters. The Bertz CT molecular complexity index is 370. The zero-order valence-corrected chi connectivity index (χ0v) is 15.7. The lowest BCUT2D eigenvalue weighted by molar-refractivity contribution is 0.0565. The fraction of sp³-hybridized carbons (Fsp3) is 0.947. The van der Waals surface area contributed by atoms with Gasteiger partial charge in [0.2, 0.25) is 0 Å². The highest BCUT2D eigenvalue weighted by Crippen LogP contribution is 2.24. The molecule has 2 amide bonds. The lowest BCUT2D eigenvalue weighted by Crippen LogP contribution is -2.43. The van der Waals surface area contributed by atoms with Crippen LogP contribution in [0.15, 0.2) is 0 Å². The molecule has 2 rings (SSSR count). The number of likely N-dealkylation sites (tertiary alicyclic amines) is 1. The number of carbonyl (C=O) groups excluding carboxylic acids is 1. The van der Waals surface area contributed by atoms with Gasteiger partial charge in [0.1, 0.15) is 0 Å². The summed E-state index contributed by atoms with van der Waals surface area (Å²) in [4.78, 5) is 16.4. The summed E-state index contributed by atoms with van der Waals surface area (Å²) in [7, 11) is 1.84. The third-order valence-electron chi connectivity index (χ3n) is 5.78. The maximum atomic E-state index is 12.1. The number of unbranched alkanes of at least 4 members (excludes halogenated alkanes) is 1. The number of amides is 2. The highest BCUT2D eigenvalue weighted by Gasteiger charge is 2.25. The Kier molecular flexibility index (Phi) is 8.33. The standard InChI is InChI=1S/C19H37N3O2/c1-16-9-13-22(14-10-16)12-6-5-11-20-19(24)21(2)15-17-7-3-4-8-18(17)23/h16-18,23H,3-15H2,1-2H3,(H,20,24). The summed E-state index contributed by atoms with van der Waals surface area (Å²) in [6.07, 6.45) is 8.82. The summed E-state index contributed by atoms with van der Waals surface area (Å²) < 4.78 is 0. The molecule has 1 aliphatic heterocycles.